The number of nitrogens with one attached hydrogen (secondary N) is 1. The van der Waals surface area contributed by atoms with E-state index in [1.807, 2.05) is 6.92 Å². The van der Waals surface area contributed by atoms with Crippen molar-refractivity contribution < 1.29 is 9.32 Å². The number of anilines is 1. The molecule has 0 aromatic carbocycles. The normalized spacial score (nSPS) is 23.9. The number of hydrogen-bond donors (Lipinski definition) is 1. The molecule has 1 unspecified atom stereocenters. The van der Waals surface area contributed by atoms with Gasteiger partial charge in [0.2, 0.25) is 5.88 Å². The molecule has 0 fully saturated rings. The molecule has 1 aliphatic heterocycles. The van der Waals surface area contributed by atoms with Crippen molar-refractivity contribution in [3.8, 4) is 0 Å². The average Bonchev–Trinajstić information content (AvgIpc) is 2.67. The second-order valence-corrected chi connectivity index (χ2v) is 7.65. The van der Waals surface area contributed by atoms with E-state index in [0.717, 1.165) is 41.3 Å². The van der Waals surface area contributed by atoms with Crippen LogP contribution in [0.1, 0.15) is 64.1 Å². The van der Waals surface area contributed by atoms with Gasteiger partial charge in [-0.05, 0) is 31.1 Å². The number of ketones is 1. The molecule has 0 radical (unpaired) electrons. The van der Waals surface area contributed by atoms with Gasteiger partial charge in [0, 0.05) is 29.2 Å². The van der Waals surface area contributed by atoms with Crippen LogP contribution in [0.4, 0.5) is 5.88 Å². The molecule has 1 N–H and O–H groups in total. The monoisotopic (exact) mass is 288 g/mol. The van der Waals surface area contributed by atoms with E-state index in [-0.39, 0.29) is 17.1 Å². The average molecular weight is 288 g/mol. The molecule has 2 heterocycles. The van der Waals surface area contributed by atoms with E-state index >= 15 is 0 Å². The minimum atomic E-state index is 0.0118. The highest BCUT2D eigenvalue weighted by atomic mass is 16.5. The van der Waals surface area contributed by atoms with Gasteiger partial charge >= 0.3 is 0 Å². The molecule has 1 aromatic heterocycles. The van der Waals surface area contributed by atoms with Crippen LogP contribution in [0.15, 0.2) is 15.8 Å². The summed E-state index contributed by atoms with van der Waals surface area (Å²) in [4.78, 5) is 12.7. The van der Waals surface area contributed by atoms with Crippen LogP contribution >= 0.6 is 0 Å². The van der Waals surface area contributed by atoms with E-state index in [1.165, 1.54) is 0 Å². The SMILES string of the molecule is Cc1noc2c1C(CC(C)C)C1=C(CC(C)(C)CC1=O)N2. The number of carbonyl (C=O) groups is 1. The van der Waals surface area contributed by atoms with Gasteiger partial charge in [-0.3, -0.25) is 4.79 Å². The van der Waals surface area contributed by atoms with Crippen LogP contribution in [0.2, 0.25) is 0 Å². The molecule has 1 aromatic rings. The Bertz CT molecular complexity index is 623. The first-order valence-electron chi connectivity index (χ1n) is 7.78. The smallest absolute Gasteiger partial charge is 0.232 e. The Morgan fingerprint density at radius 2 is 2.10 bits per heavy atom. The molecule has 4 nitrogen and oxygen atoms in total. The largest absolute Gasteiger partial charge is 0.338 e. The molecule has 0 saturated heterocycles. The Hall–Kier alpha value is -1.58. The van der Waals surface area contributed by atoms with Crippen molar-refractivity contribution in [2.75, 3.05) is 5.32 Å². The lowest BCUT2D eigenvalue weighted by atomic mass is 9.69. The van der Waals surface area contributed by atoms with E-state index in [0.29, 0.717) is 12.3 Å². The minimum absolute atomic E-state index is 0.0118. The van der Waals surface area contributed by atoms with E-state index in [4.69, 9.17) is 4.52 Å². The molecule has 1 aliphatic carbocycles. The number of nitrogens with zero attached hydrogens (tertiary/aromatic N) is 1. The number of fused-ring (bicyclic) bond motifs is 1. The Morgan fingerprint density at radius 3 is 2.76 bits per heavy atom. The minimum Gasteiger partial charge on any atom is -0.338 e. The van der Waals surface area contributed by atoms with Crippen molar-refractivity contribution in [2.24, 2.45) is 11.3 Å². The Kier molecular flexibility index (Phi) is 3.23. The third-order valence-corrected chi connectivity index (χ3v) is 4.50. The van der Waals surface area contributed by atoms with Gasteiger partial charge in [-0.1, -0.05) is 32.9 Å². The standard InChI is InChI=1S/C17H24N2O2/c1-9(2)6-11-14-10(3)19-21-16(14)18-12-7-17(4,5)8-13(20)15(11)12/h9,11,18H,6-8H2,1-5H3. The molecule has 1 atom stereocenters. The van der Waals surface area contributed by atoms with E-state index < -0.39 is 0 Å². The number of Topliss-reactive ketones (excluding diaryl/α,β-unsaturated/α-hetero) is 1. The summed E-state index contributed by atoms with van der Waals surface area (Å²) < 4.78 is 5.44. The summed E-state index contributed by atoms with van der Waals surface area (Å²) in [7, 11) is 0. The summed E-state index contributed by atoms with van der Waals surface area (Å²) >= 11 is 0. The molecular formula is C17H24N2O2. The lowest BCUT2D eigenvalue weighted by molar-refractivity contribution is -0.118. The zero-order chi connectivity index (χ0) is 15.4. The fraction of sp³-hybridized carbons (Fsp3) is 0.647. The van der Waals surface area contributed by atoms with Gasteiger partial charge in [0.15, 0.2) is 5.78 Å². The quantitative estimate of drug-likeness (QED) is 0.887. The number of allylic oxidation sites excluding steroid dienone is 2. The summed E-state index contributed by atoms with van der Waals surface area (Å²) in [5, 5.41) is 7.44. The Balaban J connectivity index is 2.10. The lowest BCUT2D eigenvalue weighted by Gasteiger charge is -2.38. The van der Waals surface area contributed by atoms with E-state index in [2.05, 4.69) is 38.2 Å². The van der Waals surface area contributed by atoms with Gasteiger partial charge in [-0.15, -0.1) is 0 Å². The number of hydrogen-bond acceptors (Lipinski definition) is 4. The zero-order valence-corrected chi connectivity index (χ0v) is 13.5. The van der Waals surface area contributed by atoms with Gasteiger partial charge in [0.25, 0.3) is 0 Å². The molecule has 0 bridgehead atoms. The summed E-state index contributed by atoms with van der Waals surface area (Å²) in [6.07, 6.45) is 2.48. The van der Waals surface area contributed by atoms with Crippen LogP contribution in [-0.4, -0.2) is 10.9 Å². The fourth-order valence-electron chi connectivity index (χ4n) is 3.72. The highest BCUT2D eigenvalue weighted by Crippen LogP contribution is 2.49. The highest BCUT2D eigenvalue weighted by Gasteiger charge is 2.42. The van der Waals surface area contributed by atoms with Crippen LogP contribution in [0, 0.1) is 18.3 Å². The molecule has 3 rings (SSSR count). The number of aromatic nitrogens is 1. The first-order valence-corrected chi connectivity index (χ1v) is 7.78. The van der Waals surface area contributed by atoms with Crippen LogP contribution in [0.25, 0.3) is 0 Å². The van der Waals surface area contributed by atoms with Crippen molar-refractivity contribution in [3.05, 3.63) is 22.5 Å². The van der Waals surface area contributed by atoms with Crippen molar-refractivity contribution >= 4 is 11.7 Å². The summed E-state index contributed by atoms with van der Waals surface area (Å²) in [6, 6.07) is 0. The predicted molar refractivity (Wildman–Crippen MR) is 82.1 cm³/mol. The zero-order valence-electron chi connectivity index (χ0n) is 13.5. The molecule has 0 saturated carbocycles. The summed E-state index contributed by atoms with van der Waals surface area (Å²) in [5.41, 5.74) is 4.01. The molecule has 114 valence electrons. The van der Waals surface area contributed by atoms with Crippen molar-refractivity contribution in [1.29, 1.82) is 0 Å². The number of rotatable bonds is 2. The second-order valence-electron chi connectivity index (χ2n) is 7.65. The molecule has 4 heteroatoms. The fourth-order valence-corrected chi connectivity index (χ4v) is 3.72. The maximum absolute atomic E-state index is 12.7. The van der Waals surface area contributed by atoms with Crippen LogP contribution in [0.3, 0.4) is 0 Å². The Morgan fingerprint density at radius 1 is 1.38 bits per heavy atom. The van der Waals surface area contributed by atoms with Crippen LogP contribution in [0.5, 0.6) is 0 Å². The molecular weight excluding hydrogens is 264 g/mol. The first kappa shape index (κ1) is 14.4. The third kappa shape index (κ3) is 2.41. The molecule has 2 aliphatic rings. The first-order chi connectivity index (χ1) is 9.78. The van der Waals surface area contributed by atoms with Gasteiger partial charge in [-0.2, -0.15) is 0 Å². The Labute approximate surface area is 126 Å². The molecule has 0 spiro atoms. The van der Waals surface area contributed by atoms with Gasteiger partial charge in [-0.25, -0.2) is 0 Å². The highest BCUT2D eigenvalue weighted by molar-refractivity contribution is 6.00. The predicted octanol–water partition coefficient (Wildman–Crippen LogP) is 4.18. The summed E-state index contributed by atoms with van der Waals surface area (Å²) in [6.45, 7) is 10.6. The second kappa shape index (κ2) is 4.72. The van der Waals surface area contributed by atoms with Crippen molar-refractivity contribution in [1.82, 2.24) is 5.16 Å². The molecule has 0 amide bonds. The number of carbonyl (C=O) groups excluding carboxylic acids is 1. The van der Waals surface area contributed by atoms with Gasteiger partial charge in [0.1, 0.15) is 0 Å². The summed E-state index contributed by atoms with van der Waals surface area (Å²) in [5.74, 6) is 1.67. The van der Waals surface area contributed by atoms with E-state index in [9.17, 15) is 4.79 Å². The van der Waals surface area contributed by atoms with Gasteiger partial charge < -0.3 is 9.84 Å². The lowest BCUT2D eigenvalue weighted by Crippen LogP contribution is -2.33. The van der Waals surface area contributed by atoms with Crippen LogP contribution in [-0.2, 0) is 4.79 Å². The maximum Gasteiger partial charge on any atom is 0.232 e. The molecule has 21 heavy (non-hydrogen) atoms. The van der Waals surface area contributed by atoms with Gasteiger partial charge in [0.05, 0.1) is 5.69 Å². The van der Waals surface area contributed by atoms with Crippen LogP contribution < -0.4 is 5.32 Å². The topological polar surface area (TPSA) is 55.1 Å². The number of aryl methyl sites for hydroxylation is 1. The van der Waals surface area contributed by atoms with Crippen molar-refractivity contribution in [2.45, 2.75) is 59.8 Å². The van der Waals surface area contributed by atoms with Crippen molar-refractivity contribution in [3.63, 3.8) is 0 Å². The third-order valence-electron chi connectivity index (χ3n) is 4.50. The van der Waals surface area contributed by atoms with E-state index in [1.54, 1.807) is 0 Å². The maximum atomic E-state index is 12.7.